The number of anilines is 1. The summed E-state index contributed by atoms with van der Waals surface area (Å²) < 4.78 is 5.04. The van der Waals surface area contributed by atoms with Gasteiger partial charge in [-0.05, 0) is 18.6 Å². The average molecular weight is 224 g/mol. The molecule has 16 heavy (non-hydrogen) atoms. The Balaban J connectivity index is 2.72. The molecule has 0 bridgehead atoms. The monoisotopic (exact) mass is 224 g/mol. The van der Waals surface area contributed by atoms with E-state index < -0.39 is 5.97 Å². The number of aromatic nitrogens is 1. The van der Waals surface area contributed by atoms with Gasteiger partial charge in [0.2, 0.25) is 0 Å². The number of carbonyl (C=O) groups is 1. The highest BCUT2D eigenvalue weighted by molar-refractivity contribution is 5.88. The van der Waals surface area contributed by atoms with Gasteiger partial charge in [-0.25, -0.2) is 9.78 Å². The van der Waals surface area contributed by atoms with Crippen LogP contribution in [0.2, 0.25) is 0 Å². The minimum absolute atomic E-state index is 0.140. The molecule has 0 aliphatic rings. The summed E-state index contributed by atoms with van der Waals surface area (Å²) in [7, 11) is 1.63. The van der Waals surface area contributed by atoms with Crippen LogP contribution in [0.5, 0.6) is 0 Å². The number of hydrogen-bond donors (Lipinski definition) is 2. The van der Waals surface area contributed by atoms with Crippen molar-refractivity contribution in [2.24, 2.45) is 0 Å². The fourth-order valence-corrected chi connectivity index (χ4v) is 1.31. The molecule has 0 amide bonds. The van der Waals surface area contributed by atoms with Crippen LogP contribution in [0, 0.1) is 0 Å². The van der Waals surface area contributed by atoms with E-state index in [2.05, 4.69) is 10.3 Å². The maximum atomic E-state index is 10.8. The Morgan fingerprint density at radius 1 is 1.69 bits per heavy atom. The Hall–Kier alpha value is -1.62. The molecule has 0 aliphatic heterocycles. The van der Waals surface area contributed by atoms with Crippen molar-refractivity contribution in [3.05, 3.63) is 23.9 Å². The molecule has 0 aliphatic carbocycles. The molecule has 0 aromatic carbocycles. The number of methoxy groups -OCH3 is 1. The minimum Gasteiger partial charge on any atom is -0.478 e. The van der Waals surface area contributed by atoms with Crippen molar-refractivity contribution >= 4 is 11.8 Å². The predicted octanol–water partition coefficient (Wildman–Crippen LogP) is 1.62. The summed E-state index contributed by atoms with van der Waals surface area (Å²) in [6.45, 7) is 2.59. The molecule has 0 radical (unpaired) electrons. The summed E-state index contributed by atoms with van der Waals surface area (Å²) in [5.41, 5.74) is 0.227. The van der Waals surface area contributed by atoms with Gasteiger partial charge in [0.15, 0.2) is 0 Å². The molecule has 1 unspecified atom stereocenters. The molecule has 1 aromatic heterocycles. The number of aromatic carboxylic acids is 1. The van der Waals surface area contributed by atoms with Crippen LogP contribution in [0.1, 0.15) is 23.7 Å². The largest absolute Gasteiger partial charge is 0.478 e. The second kappa shape index (κ2) is 6.07. The molecule has 1 aromatic rings. The maximum absolute atomic E-state index is 10.8. The van der Waals surface area contributed by atoms with E-state index in [9.17, 15) is 4.79 Å². The molecular weight excluding hydrogens is 208 g/mol. The highest BCUT2D eigenvalue weighted by Crippen LogP contribution is 2.09. The Labute approximate surface area is 94.5 Å². The molecule has 1 heterocycles. The number of ether oxygens (including phenoxy) is 1. The predicted molar refractivity (Wildman–Crippen MR) is 60.8 cm³/mol. The molecular formula is C11H16N2O3. The zero-order valence-corrected chi connectivity index (χ0v) is 9.43. The van der Waals surface area contributed by atoms with Crippen molar-refractivity contribution in [3.63, 3.8) is 0 Å². The lowest BCUT2D eigenvalue weighted by atomic mass is 10.2. The molecule has 1 atom stereocenters. The van der Waals surface area contributed by atoms with Gasteiger partial charge in [-0.2, -0.15) is 0 Å². The van der Waals surface area contributed by atoms with Crippen LogP contribution in [0.4, 0.5) is 5.82 Å². The van der Waals surface area contributed by atoms with Crippen molar-refractivity contribution in [2.75, 3.05) is 19.0 Å². The van der Waals surface area contributed by atoms with Crippen LogP contribution in [0.15, 0.2) is 18.3 Å². The van der Waals surface area contributed by atoms with Gasteiger partial charge >= 0.3 is 5.97 Å². The number of rotatable bonds is 6. The van der Waals surface area contributed by atoms with Crippen molar-refractivity contribution < 1.29 is 14.6 Å². The van der Waals surface area contributed by atoms with Gasteiger partial charge in [0.25, 0.3) is 0 Å². The van der Waals surface area contributed by atoms with Gasteiger partial charge in [-0.15, -0.1) is 0 Å². The van der Waals surface area contributed by atoms with E-state index in [1.807, 2.05) is 6.92 Å². The van der Waals surface area contributed by atoms with Crippen LogP contribution in [0.3, 0.4) is 0 Å². The summed E-state index contributed by atoms with van der Waals surface area (Å²) in [5, 5.41) is 11.9. The van der Waals surface area contributed by atoms with E-state index in [4.69, 9.17) is 9.84 Å². The smallest absolute Gasteiger partial charge is 0.335 e. The number of nitrogens with zero attached hydrogens (tertiary/aromatic N) is 1. The quantitative estimate of drug-likeness (QED) is 0.768. The zero-order valence-electron chi connectivity index (χ0n) is 9.43. The van der Waals surface area contributed by atoms with Gasteiger partial charge in [0, 0.05) is 13.3 Å². The van der Waals surface area contributed by atoms with E-state index >= 15 is 0 Å². The van der Waals surface area contributed by atoms with E-state index in [0.29, 0.717) is 12.4 Å². The third-order valence-electron chi connectivity index (χ3n) is 2.22. The Bertz CT molecular complexity index is 355. The minimum atomic E-state index is -0.953. The average Bonchev–Trinajstić information content (AvgIpc) is 2.29. The van der Waals surface area contributed by atoms with Gasteiger partial charge < -0.3 is 15.2 Å². The Kier molecular flexibility index (Phi) is 4.72. The Morgan fingerprint density at radius 3 is 3.00 bits per heavy atom. The van der Waals surface area contributed by atoms with Gasteiger partial charge in [0.05, 0.1) is 18.2 Å². The molecule has 88 valence electrons. The van der Waals surface area contributed by atoms with E-state index in [0.717, 1.165) is 6.42 Å². The number of nitrogens with one attached hydrogen (secondary N) is 1. The van der Waals surface area contributed by atoms with E-state index in [1.54, 1.807) is 7.11 Å². The third-order valence-corrected chi connectivity index (χ3v) is 2.22. The van der Waals surface area contributed by atoms with Crippen molar-refractivity contribution in [1.29, 1.82) is 0 Å². The summed E-state index contributed by atoms with van der Waals surface area (Å²) in [6, 6.07) is 3.12. The van der Waals surface area contributed by atoms with E-state index in [1.165, 1.54) is 18.3 Å². The van der Waals surface area contributed by atoms with Crippen LogP contribution >= 0.6 is 0 Å². The molecule has 0 spiro atoms. The lowest BCUT2D eigenvalue weighted by Crippen LogP contribution is -2.24. The fraction of sp³-hybridized carbons (Fsp3) is 0.455. The first-order chi connectivity index (χ1) is 7.67. The standard InChI is InChI=1S/C11H16N2O3/c1-3-9(7-16-2)13-10-6-8(11(14)15)4-5-12-10/h4-6,9H,3,7H2,1-2H3,(H,12,13)(H,14,15). The summed E-state index contributed by atoms with van der Waals surface area (Å²) >= 11 is 0. The molecule has 0 fully saturated rings. The SMILES string of the molecule is CCC(COC)Nc1cc(C(=O)O)ccn1. The molecule has 2 N–H and O–H groups in total. The molecule has 5 heteroatoms. The Morgan fingerprint density at radius 2 is 2.44 bits per heavy atom. The third kappa shape index (κ3) is 3.51. The number of carboxylic acids is 1. The topological polar surface area (TPSA) is 71.5 Å². The van der Waals surface area contributed by atoms with Crippen LogP contribution < -0.4 is 5.32 Å². The second-order valence-electron chi connectivity index (χ2n) is 3.44. The van der Waals surface area contributed by atoms with Gasteiger partial charge in [0.1, 0.15) is 5.82 Å². The first-order valence-corrected chi connectivity index (χ1v) is 5.12. The summed E-state index contributed by atoms with van der Waals surface area (Å²) in [4.78, 5) is 14.8. The van der Waals surface area contributed by atoms with Crippen LogP contribution in [-0.4, -0.2) is 35.8 Å². The number of pyridine rings is 1. The maximum Gasteiger partial charge on any atom is 0.335 e. The second-order valence-corrected chi connectivity index (χ2v) is 3.44. The van der Waals surface area contributed by atoms with Crippen molar-refractivity contribution in [2.45, 2.75) is 19.4 Å². The number of carboxylic acid groups (broad SMARTS) is 1. The van der Waals surface area contributed by atoms with Crippen molar-refractivity contribution in [1.82, 2.24) is 4.98 Å². The molecule has 1 rings (SSSR count). The van der Waals surface area contributed by atoms with Crippen molar-refractivity contribution in [3.8, 4) is 0 Å². The molecule has 0 saturated carbocycles. The van der Waals surface area contributed by atoms with Gasteiger partial charge in [-0.3, -0.25) is 0 Å². The first-order valence-electron chi connectivity index (χ1n) is 5.12. The normalized spacial score (nSPS) is 12.1. The van der Waals surface area contributed by atoms with Gasteiger partial charge in [-0.1, -0.05) is 6.92 Å². The number of hydrogen-bond acceptors (Lipinski definition) is 4. The highest BCUT2D eigenvalue weighted by Gasteiger charge is 2.08. The lowest BCUT2D eigenvalue weighted by molar-refractivity contribution is 0.0697. The van der Waals surface area contributed by atoms with Crippen LogP contribution in [0.25, 0.3) is 0 Å². The summed E-state index contributed by atoms with van der Waals surface area (Å²) in [5.74, 6) is -0.394. The zero-order chi connectivity index (χ0) is 12.0. The fourth-order valence-electron chi connectivity index (χ4n) is 1.31. The molecule has 5 nitrogen and oxygen atoms in total. The summed E-state index contributed by atoms with van der Waals surface area (Å²) in [6.07, 6.45) is 2.36. The van der Waals surface area contributed by atoms with E-state index in [-0.39, 0.29) is 11.6 Å². The molecule has 0 saturated heterocycles. The lowest BCUT2D eigenvalue weighted by Gasteiger charge is -2.16. The first kappa shape index (κ1) is 12.4. The highest BCUT2D eigenvalue weighted by atomic mass is 16.5. The van der Waals surface area contributed by atoms with Crippen LogP contribution in [-0.2, 0) is 4.74 Å².